The quantitative estimate of drug-likeness (QED) is 0.619. The zero-order valence-electron chi connectivity index (χ0n) is 12.0. The number of hydrogen-bond donors (Lipinski definition) is 2. The van der Waals surface area contributed by atoms with Crippen LogP contribution in [0.15, 0.2) is 0 Å². The van der Waals surface area contributed by atoms with Crippen LogP contribution in [0, 0.1) is 24.2 Å². The molecule has 2 atom stereocenters. The molecule has 0 aliphatic heterocycles. The maximum Gasteiger partial charge on any atom is 0.220 e. The van der Waals surface area contributed by atoms with E-state index in [4.69, 9.17) is 12.2 Å². The molecule has 0 aromatic heterocycles. The van der Waals surface area contributed by atoms with Gasteiger partial charge >= 0.3 is 0 Å². The minimum Gasteiger partial charge on any atom is -0.352 e. The minimum absolute atomic E-state index is 0.111. The van der Waals surface area contributed by atoms with E-state index >= 15 is 0 Å². The Bertz CT molecular complexity index is 268. The van der Waals surface area contributed by atoms with Crippen LogP contribution in [-0.2, 0) is 4.79 Å². The van der Waals surface area contributed by atoms with E-state index in [1.807, 2.05) is 6.92 Å². The van der Waals surface area contributed by atoms with Crippen molar-refractivity contribution < 1.29 is 4.79 Å². The van der Waals surface area contributed by atoms with Crippen LogP contribution >= 0.6 is 0 Å². The van der Waals surface area contributed by atoms with Gasteiger partial charge in [-0.15, -0.1) is 12.3 Å². The maximum atomic E-state index is 11.8. The van der Waals surface area contributed by atoms with Gasteiger partial charge < -0.3 is 11.1 Å². The summed E-state index contributed by atoms with van der Waals surface area (Å²) in [6.45, 7) is 7.10. The lowest BCUT2D eigenvalue weighted by molar-refractivity contribution is -0.122. The molecule has 0 saturated carbocycles. The van der Waals surface area contributed by atoms with E-state index in [1.54, 1.807) is 0 Å². The lowest BCUT2D eigenvalue weighted by atomic mass is 9.88. The van der Waals surface area contributed by atoms with Gasteiger partial charge in [0, 0.05) is 18.9 Å². The molecule has 0 rings (SSSR count). The molecule has 0 aromatic rings. The zero-order chi connectivity index (χ0) is 14.0. The lowest BCUT2D eigenvalue weighted by Gasteiger charge is -2.20. The van der Waals surface area contributed by atoms with Gasteiger partial charge in [0.15, 0.2) is 0 Å². The molecular formula is C15H28N2O. The van der Waals surface area contributed by atoms with E-state index in [2.05, 4.69) is 25.1 Å². The molecule has 3 N–H and O–H groups in total. The van der Waals surface area contributed by atoms with Crippen molar-refractivity contribution in [3.05, 3.63) is 0 Å². The fourth-order valence-corrected chi connectivity index (χ4v) is 2.08. The van der Waals surface area contributed by atoms with Gasteiger partial charge in [-0.2, -0.15) is 0 Å². The molecule has 18 heavy (non-hydrogen) atoms. The number of carbonyl (C=O) groups is 1. The summed E-state index contributed by atoms with van der Waals surface area (Å²) in [5.41, 5.74) is 5.59. The van der Waals surface area contributed by atoms with E-state index < -0.39 is 0 Å². The molecule has 0 radical (unpaired) electrons. The number of terminal acetylenes is 1. The Balaban J connectivity index is 4.04. The first-order valence-electron chi connectivity index (χ1n) is 6.97. The second-order valence-electron chi connectivity index (χ2n) is 5.20. The number of rotatable bonds is 9. The van der Waals surface area contributed by atoms with Gasteiger partial charge in [0.1, 0.15) is 0 Å². The Labute approximate surface area is 112 Å². The largest absolute Gasteiger partial charge is 0.352 e. The summed E-state index contributed by atoms with van der Waals surface area (Å²) >= 11 is 0. The summed E-state index contributed by atoms with van der Waals surface area (Å²) < 4.78 is 0. The monoisotopic (exact) mass is 252 g/mol. The third-order valence-electron chi connectivity index (χ3n) is 3.44. The summed E-state index contributed by atoms with van der Waals surface area (Å²) in [4.78, 5) is 11.8. The first-order chi connectivity index (χ1) is 8.54. The highest BCUT2D eigenvalue weighted by Crippen LogP contribution is 2.20. The van der Waals surface area contributed by atoms with Gasteiger partial charge in [-0.05, 0) is 37.6 Å². The van der Waals surface area contributed by atoms with Crippen molar-refractivity contribution >= 4 is 5.91 Å². The van der Waals surface area contributed by atoms with Gasteiger partial charge in [0.25, 0.3) is 0 Å². The third-order valence-corrected chi connectivity index (χ3v) is 3.44. The van der Waals surface area contributed by atoms with Crippen LogP contribution in [-0.4, -0.2) is 18.5 Å². The topological polar surface area (TPSA) is 55.1 Å². The first-order valence-corrected chi connectivity index (χ1v) is 6.97. The molecule has 1 amide bonds. The Morgan fingerprint density at radius 3 is 2.50 bits per heavy atom. The Hall–Kier alpha value is -1.01. The van der Waals surface area contributed by atoms with Gasteiger partial charge in [0.2, 0.25) is 5.91 Å². The molecular weight excluding hydrogens is 224 g/mol. The number of hydrogen-bond acceptors (Lipinski definition) is 2. The van der Waals surface area contributed by atoms with Gasteiger partial charge in [-0.1, -0.05) is 20.8 Å². The summed E-state index contributed by atoms with van der Waals surface area (Å²) in [7, 11) is 0. The van der Waals surface area contributed by atoms with Crippen LogP contribution in [0.5, 0.6) is 0 Å². The predicted octanol–water partition coefficient (Wildman–Crippen LogP) is 2.31. The van der Waals surface area contributed by atoms with E-state index in [1.165, 1.54) is 0 Å². The summed E-state index contributed by atoms with van der Waals surface area (Å²) in [6, 6.07) is 0.120. The Kier molecular flexibility index (Phi) is 9.40. The van der Waals surface area contributed by atoms with Crippen molar-refractivity contribution in [2.75, 3.05) is 6.54 Å². The summed E-state index contributed by atoms with van der Waals surface area (Å²) in [5, 5.41) is 2.99. The van der Waals surface area contributed by atoms with Gasteiger partial charge in [0.05, 0.1) is 0 Å². The zero-order valence-corrected chi connectivity index (χ0v) is 12.0. The van der Waals surface area contributed by atoms with Gasteiger partial charge in [-0.25, -0.2) is 0 Å². The summed E-state index contributed by atoms with van der Waals surface area (Å²) in [5.74, 6) is 3.82. The minimum atomic E-state index is 0.111. The third kappa shape index (κ3) is 7.34. The fraction of sp³-hybridized carbons (Fsp3) is 0.800. The molecule has 104 valence electrons. The first kappa shape index (κ1) is 17.0. The fourth-order valence-electron chi connectivity index (χ4n) is 2.08. The number of nitrogens with one attached hydrogen (secondary N) is 1. The highest BCUT2D eigenvalue weighted by Gasteiger charge is 2.15. The molecule has 0 aliphatic rings. The van der Waals surface area contributed by atoms with Crippen molar-refractivity contribution in [3.8, 4) is 12.3 Å². The average Bonchev–Trinajstić information content (AvgIpc) is 2.33. The van der Waals surface area contributed by atoms with Crippen molar-refractivity contribution in [2.24, 2.45) is 17.6 Å². The van der Waals surface area contributed by atoms with Crippen LogP contribution in [0.2, 0.25) is 0 Å². The summed E-state index contributed by atoms with van der Waals surface area (Å²) in [6.07, 6.45) is 9.23. The Morgan fingerprint density at radius 1 is 1.39 bits per heavy atom. The number of amides is 1. The van der Waals surface area contributed by atoms with E-state index in [0.29, 0.717) is 31.2 Å². The van der Waals surface area contributed by atoms with E-state index in [9.17, 15) is 4.79 Å². The average molecular weight is 252 g/mol. The normalized spacial score (nSPS) is 14.0. The molecule has 3 nitrogen and oxygen atoms in total. The van der Waals surface area contributed by atoms with Crippen molar-refractivity contribution in [2.45, 2.75) is 58.9 Å². The standard InChI is InChI=1S/C15H28N2O/c1-5-7-14(6-2)17-15(18)9-8-13(10-11-16)12(3)4/h1,12-14H,6-11,16H2,2-4H3,(H,17,18). The lowest BCUT2D eigenvalue weighted by Crippen LogP contribution is -2.34. The second kappa shape index (κ2) is 9.96. The Morgan fingerprint density at radius 2 is 2.06 bits per heavy atom. The maximum absolute atomic E-state index is 11.8. The molecule has 0 fully saturated rings. The van der Waals surface area contributed by atoms with Crippen LogP contribution < -0.4 is 11.1 Å². The van der Waals surface area contributed by atoms with Crippen molar-refractivity contribution in [1.29, 1.82) is 0 Å². The predicted molar refractivity (Wildman–Crippen MR) is 76.9 cm³/mol. The smallest absolute Gasteiger partial charge is 0.220 e. The van der Waals surface area contributed by atoms with Gasteiger partial charge in [-0.3, -0.25) is 4.79 Å². The molecule has 0 aromatic carbocycles. The van der Waals surface area contributed by atoms with Crippen LogP contribution in [0.3, 0.4) is 0 Å². The second-order valence-corrected chi connectivity index (χ2v) is 5.20. The highest BCUT2D eigenvalue weighted by atomic mass is 16.1. The van der Waals surface area contributed by atoms with E-state index in [-0.39, 0.29) is 11.9 Å². The van der Waals surface area contributed by atoms with Crippen LogP contribution in [0.1, 0.15) is 52.9 Å². The number of carbonyl (C=O) groups excluding carboxylic acids is 1. The molecule has 0 spiro atoms. The molecule has 0 saturated heterocycles. The molecule has 3 heteroatoms. The van der Waals surface area contributed by atoms with Crippen LogP contribution in [0.25, 0.3) is 0 Å². The number of nitrogens with two attached hydrogens (primary N) is 1. The molecule has 0 bridgehead atoms. The highest BCUT2D eigenvalue weighted by molar-refractivity contribution is 5.76. The van der Waals surface area contributed by atoms with Crippen molar-refractivity contribution in [1.82, 2.24) is 5.32 Å². The SMILES string of the molecule is C#CCC(CC)NC(=O)CCC(CCN)C(C)C. The van der Waals surface area contributed by atoms with Crippen molar-refractivity contribution in [3.63, 3.8) is 0 Å². The van der Waals surface area contributed by atoms with E-state index in [0.717, 1.165) is 19.3 Å². The molecule has 0 aliphatic carbocycles. The molecule has 2 unspecified atom stereocenters. The van der Waals surface area contributed by atoms with Crippen LogP contribution in [0.4, 0.5) is 0 Å². The molecule has 0 heterocycles.